The smallest absolute Gasteiger partial charge is 0.411 e. The fourth-order valence-corrected chi connectivity index (χ4v) is 3.97. The van der Waals surface area contributed by atoms with E-state index in [1.54, 1.807) is 31.2 Å². The Morgan fingerprint density at radius 2 is 1.82 bits per heavy atom. The Labute approximate surface area is 163 Å². The van der Waals surface area contributed by atoms with Crippen molar-refractivity contribution in [1.29, 1.82) is 0 Å². The first-order valence-electron chi connectivity index (χ1n) is 9.67. The van der Waals surface area contributed by atoms with E-state index in [1.165, 1.54) is 4.90 Å². The van der Waals surface area contributed by atoms with Gasteiger partial charge < -0.3 is 9.64 Å². The highest BCUT2D eigenvalue weighted by Crippen LogP contribution is 2.33. The molecule has 4 rings (SSSR count). The maximum Gasteiger partial charge on any atom is 0.411 e. The van der Waals surface area contributed by atoms with Crippen LogP contribution in [0.4, 0.5) is 10.5 Å². The SMILES string of the molecule is CCOC(=O)Nc1cc2c3c(cccc3c1)C(=O)N(CCN1CCCC1)C2=O. The molecule has 0 radical (unpaired) electrons. The van der Waals surface area contributed by atoms with Crippen molar-refractivity contribution in [1.82, 2.24) is 9.80 Å². The molecule has 2 aromatic rings. The molecule has 0 bridgehead atoms. The highest BCUT2D eigenvalue weighted by Gasteiger charge is 2.33. The molecule has 2 aromatic carbocycles. The van der Waals surface area contributed by atoms with Crippen LogP contribution in [0.15, 0.2) is 30.3 Å². The van der Waals surface area contributed by atoms with E-state index in [9.17, 15) is 14.4 Å². The zero-order valence-electron chi connectivity index (χ0n) is 15.9. The molecule has 2 aliphatic heterocycles. The topological polar surface area (TPSA) is 79.0 Å². The summed E-state index contributed by atoms with van der Waals surface area (Å²) in [5, 5.41) is 4.03. The molecular weight excluding hydrogens is 358 g/mol. The number of nitrogens with zero attached hydrogens (tertiary/aromatic N) is 2. The molecule has 146 valence electrons. The van der Waals surface area contributed by atoms with Crippen LogP contribution in [0.25, 0.3) is 10.8 Å². The van der Waals surface area contributed by atoms with Crippen LogP contribution in [0.5, 0.6) is 0 Å². The Bertz CT molecular complexity index is 950. The van der Waals surface area contributed by atoms with Crippen LogP contribution < -0.4 is 5.32 Å². The number of amides is 3. The lowest BCUT2D eigenvalue weighted by molar-refractivity contribution is 0.0597. The van der Waals surface area contributed by atoms with Crippen molar-refractivity contribution in [2.75, 3.05) is 38.1 Å². The lowest BCUT2D eigenvalue weighted by atomic mass is 9.93. The Morgan fingerprint density at radius 3 is 2.57 bits per heavy atom. The van der Waals surface area contributed by atoms with E-state index in [0.29, 0.717) is 35.3 Å². The van der Waals surface area contributed by atoms with Gasteiger partial charge in [-0.15, -0.1) is 0 Å². The molecule has 7 heteroatoms. The second-order valence-electron chi connectivity index (χ2n) is 7.08. The van der Waals surface area contributed by atoms with Gasteiger partial charge in [0.1, 0.15) is 0 Å². The number of rotatable bonds is 5. The fourth-order valence-electron chi connectivity index (χ4n) is 3.97. The molecule has 2 heterocycles. The first kappa shape index (κ1) is 18.4. The lowest BCUT2D eigenvalue weighted by Crippen LogP contribution is -2.44. The zero-order chi connectivity index (χ0) is 19.7. The Hall–Kier alpha value is -2.93. The minimum Gasteiger partial charge on any atom is -0.450 e. The Balaban J connectivity index is 1.67. The monoisotopic (exact) mass is 381 g/mol. The standard InChI is InChI=1S/C21H23N3O4/c1-2-28-21(27)22-15-12-14-6-5-7-16-18(14)17(13-15)20(26)24(19(16)25)11-10-23-8-3-4-9-23/h5-7,12-13H,2-4,8-11H2,1H3,(H,22,27). The summed E-state index contributed by atoms with van der Waals surface area (Å²) in [7, 11) is 0. The molecule has 0 aliphatic carbocycles. The van der Waals surface area contributed by atoms with Gasteiger partial charge in [-0.2, -0.15) is 0 Å². The molecule has 0 aromatic heterocycles. The van der Waals surface area contributed by atoms with Crippen LogP contribution in [-0.2, 0) is 4.74 Å². The number of anilines is 1. The number of carbonyl (C=O) groups excluding carboxylic acids is 3. The van der Waals surface area contributed by atoms with Gasteiger partial charge in [0.15, 0.2) is 0 Å². The molecule has 1 N–H and O–H groups in total. The number of likely N-dealkylation sites (tertiary alicyclic amines) is 1. The van der Waals surface area contributed by atoms with Crippen LogP contribution in [-0.4, -0.2) is 60.5 Å². The summed E-state index contributed by atoms with van der Waals surface area (Å²) in [6.45, 7) is 5.05. The number of carbonyl (C=O) groups is 3. The Morgan fingerprint density at radius 1 is 1.07 bits per heavy atom. The first-order chi connectivity index (χ1) is 13.6. The van der Waals surface area contributed by atoms with Crippen molar-refractivity contribution in [3.8, 4) is 0 Å². The van der Waals surface area contributed by atoms with Crippen molar-refractivity contribution in [2.24, 2.45) is 0 Å². The summed E-state index contributed by atoms with van der Waals surface area (Å²) in [4.78, 5) is 41.5. The number of nitrogens with one attached hydrogen (secondary N) is 1. The summed E-state index contributed by atoms with van der Waals surface area (Å²) in [5.74, 6) is -0.575. The molecular formula is C21H23N3O4. The molecule has 0 saturated carbocycles. The van der Waals surface area contributed by atoms with Crippen LogP contribution in [0.2, 0.25) is 0 Å². The van der Waals surface area contributed by atoms with Gasteiger partial charge in [-0.3, -0.25) is 19.8 Å². The number of imide groups is 1. The van der Waals surface area contributed by atoms with Crippen molar-refractivity contribution >= 4 is 34.4 Å². The third kappa shape index (κ3) is 3.33. The second kappa shape index (κ2) is 7.59. The van der Waals surface area contributed by atoms with Gasteiger partial charge in [0.2, 0.25) is 0 Å². The summed E-state index contributed by atoms with van der Waals surface area (Å²) in [6, 6.07) is 8.75. The number of benzene rings is 2. The van der Waals surface area contributed by atoms with E-state index in [-0.39, 0.29) is 18.4 Å². The Kier molecular flexibility index (Phi) is 5.00. The first-order valence-corrected chi connectivity index (χ1v) is 9.67. The van der Waals surface area contributed by atoms with E-state index in [4.69, 9.17) is 4.74 Å². The van der Waals surface area contributed by atoms with Crippen molar-refractivity contribution in [3.05, 3.63) is 41.5 Å². The summed E-state index contributed by atoms with van der Waals surface area (Å²) < 4.78 is 4.92. The fraction of sp³-hybridized carbons (Fsp3) is 0.381. The molecule has 3 amide bonds. The lowest BCUT2D eigenvalue weighted by Gasteiger charge is -2.29. The average molecular weight is 381 g/mol. The molecule has 0 atom stereocenters. The highest BCUT2D eigenvalue weighted by molar-refractivity contribution is 6.26. The van der Waals surface area contributed by atoms with E-state index in [0.717, 1.165) is 31.3 Å². The average Bonchev–Trinajstić information content (AvgIpc) is 3.19. The maximum atomic E-state index is 13.1. The maximum absolute atomic E-state index is 13.1. The molecule has 0 spiro atoms. The van der Waals surface area contributed by atoms with Gasteiger partial charge in [-0.25, -0.2) is 4.79 Å². The predicted molar refractivity (Wildman–Crippen MR) is 106 cm³/mol. The third-order valence-corrected chi connectivity index (χ3v) is 5.29. The summed E-state index contributed by atoms with van der Waals surface area (Å²) >= 11 is 0. The van der Waals surface area contributed by atoms with Crippen LogP contribution in [0.3, 0.4) is 0 Å². The predicted octanol–water partition coefficient (Wildman–Crippen LogP) is 3.10. The van der Waals surface area contributed by atoms with Crippen molar-refractivity contribution in [3.63, 3.8) is 0 Å². The molecule has 1 fully saturated rings. The second-order valence-corrected chi connectivity index (χ2v) is 7.08. The third-order valence-electron chi connectivity index (χ3n) is 5.29. The van der Waals surface area contributed by atoms with Crippen LogP contribution in [0.1, 0.15) is 40.5 Å². The van der Waals surface area contributed by atoms with Gasteiger partial charge >= 0.3 is 6.09 Å². The summed E-state index contributed by atoms with van der Waals surface area (Å²) in [5.41, 5.74) is 1.43. The molecule has 2 aliphatic rings. The number of hydrogen-bond acceptors (Lipinski definition) is 5. The number of ether oxygens (including phenoxy) is 1. The van der Waals surface area contributed by atoms with Crippen molar-refractivity contribution < 1.29 is 19.1 Å². The van der Waals surface area contributed by atoms with E-state index in [2.05, 4.69) is 10.2 Å². The van der Waals surface area contributed by atoms with Gasteiger partial charge in [0.05, 0.1) is 12.2 Å². The zero-order valence-corrected chi connectivity index (χ0v) is 15.9. The molecule has 1 saturated heterocycles. The van der Waals surface area contributed by atoms with Crippen LogP contribution in [0, 0.1) is 0 Å². The van der Waals surface area contributed by atoms with Crippen molar-refractivity contribution in [2.45, 2.75) is 19.8 Å². The normalized spacial score (nSPS) is 16.7. The van der Waals surface area contributed by atoms with E-state index < -0.39 is 6.09 Å². The van der Waals surface area contributed by atoms with Gasteiger partial charge in [0, 0.05) is 29.7 Å². The highest BCUT2D eigenvalue weighted by atomic mass is 16.5. The molecule has 0 unspecified atom stereocenters. The van der Waals surface area contributed by atoms with Gasteiger partial charge in [-0.1, -0.05) is 12.1 Å². The summed E-state index contributed by atoms with van der Waals surface area (Å²) in [6.07, 6.45) is 1.75. The van der Waals surface area contributed by atoms with E-state index in [1.807, 2.05) is 6.07 Å². The minimum atomic E-state index is -0.574. The molecule has 7 nitrogen and oxygen atoms in total. The van der Waals surface area contributed by atoms with Gasteiger partial charge in [0.25, 0.3) is 11.8 Å². The quantitative estimate of drug-likeness (QED) is 0.805. The number of hydrogen-bond donors (Lipinski definition) is 1. The van der Waals surface area contributed by atoms with E-state index >= 15 is 0 Å². The van der Waals surface area contributed by atoms with Gasteiger partial charge in [-0.05, 0) is 56.4 Å². The minimum absolute atomic E-state index is 0.256. The molecule has 28 heavy (non-hydrogen) atoms. The largest absolute Gasteiger partial charge is 0.450 e. The van der Waals surface area contributed by atoms with Crippen LogP contribution >= 0.6 is 0 Å².